The molecule has 0 fully saturated rings. The lowest BCUT2D eigenvalue weighted by Crippen LogP contribution is -1.99. The molecule has 0 saturated carbocycles. The maximum Gasteiger partial charge on any atom is 0.331 e. The van der Waals surface area contributed by atoms with Crippen LogP contribution >= 0.6 is 22.6 Å². The second kappa shape index (κ2) is 5.83. The number of hydrogen-bond donors (Lipinski definition) is 1. The van der Waals surface area contributed by atoms with Crippen LogP contribution in [-0.2, 0) is 0 Å². The van der Waals surface area contributed by atoms with Crippen LogP contribution in [0, 0.1) is 13.7 Å². The molecule has 6 nitrogen and oxygen atoms in total. The lowest BCUT2D eigenvalue weighted by Gasteiger charge is -2.07. The molecule has 0 saturated heterocycles. The summed E-state index contributed by atoms with van der Waals surface area (Å²) in [6.45, 7) is 0. The van der Waals surface area contributed by atoms with Gasteiger partial charge in [-0.25, -0.2) is 0 Å². The Balaban J connectivity index is 2.36. The quantitative estimate of drug-likeness (QED) is 0.506. The van der Waals surface area contributed by atoms with Crippen molar-refractivity contribution in [3.63, 3.8) is 0 Å². The fourth-order valence-electron chi connectivity index (χ4n) is 1.40. The summed E-state index contributed by atoms with van der Waals surface area (Å²) in [5, 5.41) is 13.7. The first-order chi connectivity index (χ1) is 9.10. The van der Waals surface area contributed by atoms with Gasteiger partial charge in [-0.05, 0) is 52.9 Å². The number of anilines is 1. The van der Waals surface area contributed by atoms with Gasteiger partial charge < -0.3 is 10.1 Å². The van der Waals surface area contributed by atoms with Gasteiger partial charge in [0.05, 0.1) is 4.92 Å². The molecule has 1 aromatic carbocycles. The monoisotopic (exact) mass is 371 g/mol. The first kappa shape index (κ1) is 13.5. The van der Waals surface area contributed by atoms with E-state index < -0.39 is 4.92 Å². The normalized spacial score (nSPS) is 10.0. The first-order valence-electron chi connectivity index (χ1n) is 5.37. The highest BCUT2D eigenvalue weighted by Crippen LogP contribution is 2.30. The van der Waals surface area contributed by atoms with Gasteiger partial charge >= 0.3 is 11.6 Å². The van der Waals surface area contributed by atoms with Crippen molar-refractivity contribution in [3.8, 4) is 11.6 Å². The molecule has 2 aromatic rings. The third kappa shape index (κ3) is 3.31. The zero-order valence-electron chi connectivity index (χ0n) is 9.96. The van der Waals surface area contributed by atoms with Crippen molar-refractivity contribution in [1.29, 1.82) is 0 Å². The van der Waals surface area contributed by atoms with E-state index in [1.807, 2.05) is 12.1 Å². The van der Waals surface area contributed by atoms with E-state index in [1.54, 1.807) is 19.2 Å². The summed E-state index contributed by atoms with van der Waals surface area (Å²) < 4.78 is 6.52. The Kier molecular flexibility index (Phi) is 4.15. The molecule has 98 valence electrons. The number of benzene rings is 1. The van der Waals surface area contributed by atoms with Crippen molar-refractivity contribution in [3.05, 3.63) is 50.1 Å². The summed E-state index contributed by atoms with van der Waals surface area (Å²) in [6, 6.07) is 10.1. The third-order valence-electron chi connectivity index (χ3n) is 2.32. The fourth-order valence-corrected chi connectivity index (χ4v) is 1.76. The Morgan fingerprint density at radius 3 is 2.53 bits per heavy atom. The number of ether oxygens (including phenoxy) is 1. The van der Waals surface area contributed by atoms with Crippen LogP contribution in [0.25, 0.3) is 0 Å². The van der Waals surface area contributed by atoms with Gasteiger partial charge in [0.25, 0.3) is 0 Å². The maximum absolute atomic E-state index is 10.9. The molecule has 0 unspecified atom stereocenters. The van der Waals surface area contributed by atoms with E-state index in [-0.39, 0.29) is 11.6 Å². The summed E-state index contributed by atoms with van der Waals surface area (Å²) >= 11 is 2.17. The minimum Gasteiger partial charge on any atom is -0.434 e. The van der Waals surface area contributed by atoms with Crippen LogP contribution < -0.4 is 10.1 Å². The van der Waals surface area contributed by atoms with Crippen LogP contribution in [0.2, 0.25) is 0 Å². The van der Waals surface area contributed by atoms with Crippen LogP contribution in [-0.4, -0.2) is 17.0 Å². The maximum atomic E-state index is 10.9. The van der Waals surface area contributed by atoms with Crippen molar-refractivity contribution < 1.29 is 9.66 Å². The van der Waals surface area contributed by atoms with E-state index in [0.717, 1.165) is 3.57 Å². The number of nitrogens with one attached hydrogen (secondary N) is 1. The van der Waals surface area contributed by atoms with Crippen LogP contribution in [0.4, 0.5) is 11.5 Å². The number of halogens is 1. The SMILES string of the molecule is CNc1ccc([N+](=O)[O-])c(Oc2ccc(I)cc2)n1. The van der Waals surface area contributed by atoms with Gasteiger partial charge in [-0.1, -0.05) is 0 Å². The summed E-state index contributed by atoms with van der Waals surface area (Å²) in [5.41, 5.74) is -0.169. The van der Waals surface area contributed by atoms with E-state index in [1.165, 1.54) is 12.1 Å². The number of pyridine rings is 1. The molecule has 7 heteroatoms. The summed E-state index contributed by atoms with van der Waals surface area (Å²) in [7, 11) is 1.68. The van der Waals surface area contributed by atoms with E-state index in [0.29, 0.717) is 11.6 Å². The fraction of sp³-hybridized carbons (Fsp3) is 0.0833. The second-order valence-corrected chi connectivity index (χ2v) is 4.83. The van der Waals surface area contributed by atoms with E-state index in [4.69, 9.17) is 4.74 Å². The highest BCUT2D eigenvalue weighted by atomic mass is 127. The molecule has 0 amide bonds. The summed E-state index contributed by atoms with van der Waals surface area (Å²) in [5.74, 6) is 0.980. The van der Waals surface area contributed by atoms with Crippen LogP contribution in [0.1, 0.15) is 0 Å². The number of aromatic nitrogens is 1. The molecule has 0 bridgehead atoms. The molecule has 1 N–H and O–H groups in total. The topological polar surface area (TPSA) is 77.3 Å². The standard InChI is InChI=1S/C12H10IN3O3/c1-14-11-7-6-10(16(17)18)12(15-11)19-9-4-2-8(13)3-5-9/h2-7H,1H3,(H,14,15). The zero-order valence-corrected chi connectivity index (χ0v) is 12.1. The van der Waals surface area contributed by atoms with E-state index in [2.05, 4.69) is 32.9 Å². The Hall–Kier alpha value is -1.90. The number of nitro groups is 1. The van der Waals surface area contributed by atoms with Crippen LogP contribution in [0.15, 0.2) is 36.4 Å². The highest BCUT2D eigenvalue weighted by molar-refractivity contribution is 14.1. The van der Waals surface area contributed by atoms with Gasteiger partial charge in [0.1, 0.15) is 11.6 Å². The molecule has 1 heterocycles. The van der Waals surface area contributed by atoms with Crippen LogP contribution in [0.3, 0.4) is 0 Å². The average Bonchev–Trinajstić information content (AvgIpc) is 2.41. The molecule has 0 aliphatic carbocycles. The van der Waals surface area contributed by atoms with Gasteiger partial charge in [0, 0.05) is 16.7 Å². The molecule has 0 aliphatic rings. The molecule has 1 aromatic heterocycles. The lowest BCUT2D eigenvalue weighted by atomic mass is 10.3. The molecular formula is C12H10IN3O3. The lowest BCUT2D eigenvalue weighted by molar-refractivity contribution is -0.386. The van der Waals surface area contributed by atoms with Crippen molar-refractivity contribution in [2.75, 3.05) is 12.4 Å². The largest absolute Gasteiger partial charge is 0.434 e. The molecule has 0 atom stereocenters. The van der Waals surface area contributed by atoms with Gasteiger partial charge in [0.2, 0.25) is 0 Å². The van der Waals surface area contributed by atoms with Gasteiger partial charge in [0.15, 0.2) is 0 Å². The minimum absolute atomic E-state index is 0.0296. The Morgan fingerprint density at radius 2 is 1.95 bits per heavy atom. The van der Waals surface area contributed by atoms with E-state index in [9.17, 15) is 10.1 Å². The first-order valence-corrected chi connectivity index (χ1v) is 6.44. The Morgan fingerprint density at radius 1 is 1.26 bits per heavy atom. The van der Waals surface area contributed by atoms with Gasteiger partial charge in [-0.15, -0.1) is 0 Å². The highest BCUT2D eigenvalue weighted by Gasteiger charge is 2.18. The number of nitrogens with zero attached hydrogens (tertiary/aromatic N) is 2. The molecule has 0 spiro atoms. The van der Waals surface area contributed by atoms with Gasteiger partial charge in [-0.2, -0.15) is 4.98 Å². The summed E-state index contributed by atoms with van der Waals surface area (Å²) in [4.78, 5) is 14.5. The predicted molar refractivity (Wildman–Crippen MR) is 79.7 cm³/mol. The van der Waals surface area contributed by atoms with Crippen LogP contribution in [0.5, 0.6) is 11.6 Å². The summed E-state index contributed by atoms with van der Waals surface area (Å²) in [6.07, 6.45) is 0. The predicted octanol–water partition coefficient (Wildman–Crippen LogP) is 3.43. The van der Waals surface area contributed by atoms with Crippen molar-refractivity contribution >= 4 is 34.1 Å². The molecule has 0 radical (unpaired) electrons. The number of rotatable bonds is 4. The van der Waals surface area contributed by atoms with Crippen molar-refractivity contribution in [1.82, 2.24) is 4.98 Å². The number of hydrogen-bond acceptors (Lipinski definition) is 5. The molecule has 19 heavy (non-hydrogen) atoms. The molecule has 0 aliphatic heterocycles. The second-order valence-electron chi connectivity index (χ2n) is 3.58. The molecular weight excluding hydrogens is 361 g/mol. The average molecular weight is 371 g/mol. The third-order valence-corrected chi connectivity index (χ3v) is 3.04. The van der Waals surface area contributed by atoms with E-state index >= 15 is 0 Å². The zero-order chi connectivity index (χ0) is 13.8. The smallest absolute Gasteiger partial charge is 0.331 e. The molecule has 2 rings (SSSR count). The Bertz CT molecular complexity index is 602. The van der Waals surface area contributed by atoms with Crippen molar-refractivity contribution in [2.24, 2.45) is 0 Å². The minimum atomic E-state index is -0.519. The van der Waals surface area contributed by atoms with Gasteiger partial charge in [-0.3, -0.25) is 10.1 Å². The Labute approximate surface area is 123 Å². The van der Waals surface area contributed by atoms with Crippen molar-refractivity contribution in [2.45, 2.75) is 0 Å².